The molecule has 2 fully saturated rings. The fourth-order valence-corrected chi connectivity index (χ4v) is 3.10. The van der Waals surface area contributed by atoms with Gasteiger partial charge in [-0.15, -0.1) is 0 Å². The second kappa shape index (κ2) is 6.18. The summed E-state index contributed by atoms with van der Waals surface area (Å²) >= 11 is 0. The van der Waals surface area contributed by atoms with Crippen LogP contribution in [-0.4, -0.2) is 42.9 Å². The topological polar surface area (TPSA) is 75.4 Å². The van der Waals surface area contributed by atoms with Gasteiger partial charge in [0.2, 0.25) is 11.8 Å². The summed E-state index contributed by atoms with van der Waals surface area (Å²) < 4.78 is 0. The van der Waals surface area contributed by atoms with E-state index in [-0.39, 0.29) is 24.3 Å². The van der Waals surface area contributed by atoms with Crippen molar-refractivity contribution in [3.8, 4) is 0 Å². The van der Waals surface area contributed by atoms with Crippen molar-refractivity contribution in [2.45, 2.75) is 32.1 Å². The molecule has 5 nitrogen and oxygen atoms in total. The molecule has 0 aromatic heterocycles. The second-order valence-electron chi connectivity index (χ2n) is 5.42. The third-order valence-electron chi connectivity index (χ3n) is 4.06. The quantitative estimate of drug-likeness (QED) is 0.749. The Bertz CT molecular complexity index is 317. The summed E-state index contributed by atoms with van der Waals surface area (Å²) in [4.78, 5) is 25.4. The lowest BCUT2D eigenvalue weighted by atomic mass is 9.79. The number of hydrogen-bond acceptors (Lipinski definition) is 3. The fraction of sp³-hybridized carbons (Fsp3) is 0.846. The minimum atomic E-state index is -0.0380. The van der Waals surface area contributed by atoms with E-state index in [1.807, 2.05) is 0 Å². The summed E-state index contributed by atoms with van der Waals surface area (Å²) in [6.45, 7) is 2.18. The van der Waals surface area contributed by atoms with Gasteiger partial charge in [0.05, 0.1) is 6.54 Å². The molecular weight excluding hydrogens is 230 g/mol. The normalized spacial score (nSPS) is 28.9. The molecule has 1 saturated heterocycles. The Kier molecular flexibility index (Phi) is 4.58. The molecule has 0 bridgehead atoms. The first-order chi connectivity index (χ1) is 8.70. The van der Waals surface area contributed by atoms with Crippen molar-refractivity contribution in [3.05, 3.63) is 0 Å². The molecule has 1 saturated carbocycles. The number of carbonyl (C=O) groups excluding carboxylic acids is 2. The van der Waals surface area contributed by atoms with Gasteiger partial charge in [-0.3, -0.25) is 9.59 Å². The Hall–Kier alpha value is -1.10. The maximum atomic E-state index is 12.4. The van der Waals surface area contributed by atoms with E-state index in [0.717, 1.165) is 25.7 Å². The molecule has 0 spiro atoms. The molecule has 2 rings (SSSR count). The van der Waals surface area contributed by atoms with Gasteiger partial charge in [0.25, 0.3) is 0 Å². The molecule has 2 unspecified atom stereocenters. The Morgan fingerprint density at radius 2 is 2.28 bits per heavy atom. The van der Waals surface area contributed by atoms with Crippen molar-refractivity contribution in [1.82, 2.24) is 10.2 Å². The first-order valence-electron chi connectivity index (χ1n) is 6.96. The summed E-state index contributed by atoms with van der Waals surface area (Å²) in [6.07, 6.45) is 5.25. The molecule has 0 aromatic rings. The highest BCUT2D eigenvalue weighted by molar-refractivity contribution is 5.87. The van der Waals surface area contributed by atoms with Crippen LogP contribution in [0.15, 0.2) is 0 Å². The van der Waals surface area contributed by atoms with Crippen molar-refractivity contribution in [2.24, 2.45) is 17.6 Å². The molecule has 0 aromatic carbocycles. The van der Waals surface area contributed by atoms with Crippen molar-refractivity contribution < 1.29 is 9.59 Å². The number of nitrogens with zero attached hydrogens (tertiary/aromatic N) is 1. The molecule has 1 heterocycles. The lowest BCUT2D eigenvalue weighted by Gasteiger charge is -2.34. The third-order valence-corrected chi connectivity index (χ3v) is 4.06. The van der Waals surface area contributed by atoms with Crippen LogP contribution in [0.3, 0.4) is 0 Å². The van der Waals surface area contributed by atoms with Gasteiger partial charge in [0.1, 0.15) is 0 Å². The van der Waals surface area contributed by atoms with E-state index < -0.39 is 0 Å². The van der Waals surface area contributed by atoms with E-state index >= 15 is 0 Å². The van der Waals surface area contributed by atoms with Gasteiger partial charge in [-0.25, -0.2) is 0 Å². The zero-order chi connectivity index (χ0) is 13.0. The summed E-state index contributed by atoms with van der Waals surface area (Å²) in [7, 11) is 0. The number of hydrogen-bond donors (Lipinski definition) is 2. The molecule has 5 heteroatoms. The van der Waals surface area contributed by atoms with Crippen molar-refractivity contribution >= 4 is 11.8 Å². The highest BCUT2D eigenvalue weighted by Gasteiger charge is 2.31. The van der Waals surface area contributed by atoms with E-state index in [0.29, 0.717) is 25.6 Å². The maximum Gasteiger partial charge on any atom is 0.239 e. The molecule has 102 valence electrons. The fourth-order valence-electron chi connectivity index (χ4n) is 3.10. The molecule has 2 amide bonds. The molecule has 3 N–H and O–H groups in total. The largest absolute Gasteiger partial charge is 0.353 e. The molecule has 1 aliphatic heterocycles. The standard InChI is InChI=1S/C13H23N3O2/c14-5-4-10-2-1-3-11(8-10)13(18)16-7-6-15-12(17)9-16/h10-11H,1-9,14H2,(H,15,17). The number of amides is 2. The van der Waals surface area contributed by atoms with Crippen molar-refractivity contribution in [1.29, 1.82) is 0 Å². The Labute approximate surface area is 108 Å². The van der Waals surface area contributed by atoms with Gasteiger partial charge in [-0.2, -0.15) is 0 Å². The summed E-state index contributed by atoms with van der Waals surface area (Å²) in [5.41, 5.74) is 5.59. The van der Waals surface area contributed by atoms with E-state index in [1.54, 1.807) is 4.90 Å². The van der Waals surface area contributed by atoms with Crippen LogP contribution in [0.5, 0.6) is 0 Å². The SMILES string of the molecule is NCCC1CCCC(C(=O)N2CCNC(=O)C2)C1. The molecule has 2 atom stereocenters. The number of carbonyl (C=O) groups is 2. The first-order valence-corrected chi connectivity index (χ1v) is 6.96. The smallest absolute Gasteiger partial charge is 0.239 e. The minimum Gasteiger partial charge on any atom is -0.353 e. The number of piperazine rings is 1. The maximum absolute atomic E-state index is 12.4. The van der Waals surface area contributed by atoms with Crippen LogP contribution < -0.4 is 11.1 Å². The lowest BCUT2D eigenvalue weighted by Crippen LogP contribution is -2.52. The van der Waals surface area contributed by atoms with Gasteiger partial charge in [-0.1, -0.05) is 12.8 Å². The van der Waals surface area contributed by atoms with Gasteiger partial charge in [0, 0.05) is 19.0 Å². The van der Waals surface area contributed by atoms with Crippen LogP contribution in [0.2, 0.25) is 0 Å². The van der Waals surface area contributed by atoms with Crippen LogP contribution in [0.25, 0.3) is 0 Å². The Morgan fingerprint density at radius 1 is 1.44 bits per heavy atom. The minimum absolute atomic E-state index is 0.0380. The lowest BCUT2D eigenvalue weighted by molar-refractivity contribution is -0.142. The monoisotopic (exact) mass is 253 g/mol. The van der Waals surface area contributed by atoms with Gasteiger partial charge in [0.15, 0.2) is 0 Å². The molecule has 2 aliphatic rings. The summed E-state index contributed by atoms with van der Waals surface area (Å²) in [5, 5.41) is 2.75. The van der Waals surface area contributed by atoms with Gasteiger partial charge in [-0.05, 0) is 31.7 Å². The molecule has 1 aliphatic carbocycles. The third kappa shape index (κ3) is 3.22. The van der Waals surface area contributed by atoms with E-state index in [9.17, 15) is 9.59 Å². The van der Waals surface area contributed by atoms with E-state index in [4.69, 9.17) is 5.73 Å². The van der Waals surface area contributed by atoms with Crippen LogP contribution in [-0.2, 0) is 9.59 Å². The van der Waals surface area contributed by atoms with Crippen LogP contribution in [0.1, 0.15) is 32.1 Å². The first kappa shape index (κ1) is 13.3. The Balaban J connectivity index is 1.89. The average Bonchev–Trinajstić information content (AvgIpc) is 2.39. The van der Waals surface area contributed by atoms with Crippen molar-refractivity contribution in [2.75, 3.05) is 26.2 Å². The van der Waals surface area contributed by atoms with Crippen molar-refractivity contribution in [3.63, 3.8) is 0 Å². The second-order valence-corrected chi connectivity index (χ2v) is 5.42. The summed E-state index contributed by atoms with van der Waals surface area (Å²) in [6, 6.07) is 0. The van der Waals surface area contributed by atoms with Crippen LogP contribution in [0.4, 0.5) is 0 Å². The zero-order valence-corrected chi connectivity index (χ0v) is 10.9. The predicted molar refractivity (Wildman–Crippen MR) is 68.7 cm³/mol. The van der Waals surface area contributed by atoms with Gasteiger partial charge >= 0.3 is 0 Å². The zero-order valence-electron chi connectivity index (χ0n) is 10.9. The van der Waals surface area contributed by atoms with Crippen LogP contribution in [0, 0.1) is 11.8 Å². The molecule has 18 heavy (non-hydrogen) atoms. The van der Waals surface area contributed by atoms with E-state index in [2.05, 4.69) is 5.32 Å². The van der Waals surface area contributed by atoms with E-state index in [1.165, 1.54) is 6.42 Å². The number of nitrogens with two attached hydrogens (primary N) is 1. The predicted octanol–water partition coefficient (Wildman–Crippen LogP) is 0.100. The van der Waals surface area contributed by atoms with Gasteiger partial charge < -0.3 is 16.0 Å². The highest BCUT2D eigenvalue weighted by atomic mass is 16.2. The number of nitrogens with one attached hydrogen (secondary N) is 1. The summed E-state index contributed by atoms with van der Waals surface area (Å²) in [5.74, 6) is 0.841. The highest BCUT2D eigenvalue weighted by Crippen LogP contribution is 2.32. The average molecular weight is 253 g/mol. The Morgan fingerprint density at radius 3 is 3.00 bits per heavy atom. The molecule has 0 radical (unpaired) electrons. The molecular formula is C13H23N3O2. The van der Waals surface area contributed by atoms with Crippen LogP contribution >= 0.6 is 0 Å². The number of rotatable bonds is 3.